The smallest absolute Gasteiger partial charge is 0.248 e. The summed E-state index contributed by atoms with van der Waals surface area (Å²) in [5, 5.41) is 3.06. The number of carbonyl (C=O) groups excluding carboxylic acids is 1. The van der Waals surface area contributed by atoms with Crippen molar-refractivity contribution in [3.05, 3.63) is 65.0 Å². The minimum Gasteiger partial charge on any atom is -0.376 e. The van der Waals surface area contributed by atoms with Crippen molar-refractivity contribution in [2.45, 2.75) is 19.9 Å². The molecule has 3 nitrogen and oxygen atoms in total. The van der Waals surface area contributed by atoms with Gasteiger partial charge in [0.25, 0.3) is 0 Å². The summed E-state index contributed by atoms with van der Waals surface area (Å²) >= 11 is 0. The SMILES string of the molecule is Cc1ccc(C(C)Nc2cc(C(N)=O)ccc2F)cc1. The molecule has 0 spiro atoms. The summed E-state index contributed by atoms with van der Waals surface area (Å²) in [7, 11) is 0. The van der Waals surface area contributed by atoms with Crippen LogP contribution in [0, 0.1) is 12.7 Å². The van der Waals surface area contributed by atoms with Crippen molar-refractivity contribution in [1.82, 2.24) is 0 Å². The summed E-state index contributed by atoms with van der Waals surface area (Å²) in [5.74, 6) is -0.981. The molecule has 3 N–H and O–H groups in total. The van der Waals surface area contributed by atoms with Crippen LogP contribution in [-0.2, 0) is 0 Å². The average Bonchev–Trinajstić information content (AvgIpc) is 2.41. The predicted molar refractivity (Wildman–Crippen MR) is 78.1 cm³/mol. The van der Waals surface area contributed by atoms with Crippen LogP contribution < -0.4 is 11.1 Å². The van der Waals surface area contributed by atoms with E-state index >= 15 is 0 Å². The second-order valence-corrected chi connectivity index (χ2v) is 4.84. The van der Waals surface area contributed by atoms with E-state index in [0.29, 0.717) is 0 Å². The normalized spacial score (nSPS) is 11.9. The van der Waals surface area contributed by atoms with E-state index in [1.165, 1.54) is 23.8 Å². The number of benzene rings is 2. The van der Waals surface area contributed by atoms with Crippen LogP contribution in [0.1, 0.15) is 34.5 Å². The fourth-order valence-corrected chi connectivity index (χ4v) is 1.96. The highest BCUT2D eigenvalue weighted by atomic mass is 19.1. The molecule has 0 aliphatic rings. The quantitative estimate of drug-likeness (QED) is 0.896. The Bertz CT molecular complexity index is 623. The molecule has 1 unspecified atom stereocenters. The molecule has 0 bridgehead atoms. The highest BCUT2D eigenvalue weighted by Crippen LogP contribution is 2.23. The lowest BCUT2D eigenvalue weighted by Crippen LogP contribution is -2.13. The molecule has 0 aromatic heterocycles. The molecule has 104 valence electrons. The molecule has 2 aromatic carbocycles. The van der Waals surface area contributed by atoms with Gasteiger partial charge in [0.2, 0.25) is 5.91 Å². The molecule has 1 atom stereocenters. The van der Waals surface area contributed by atoms with Gasteiger partial charge in [0, 0.05) is 11.6 Å². The lowest BCUT2D eigenvalue weighted by Gasteiger charge is -2.17. The van der Waals surface area contributed by atoms with E-state index in [-0.39, 0.29) is 17.3 Å². The molecule has 0 saturated heterocycles. The van der Waals surface area contributed by atoms with Crippen LogP contribution in [0.15, 0.2) is 42.5 Å². The van der Waals surface area contributed by atoms with E-state index < -0.39 is 11.7 Å². The Hall–Kier alpha value is -2.36. The Kier molecular flexibility index (Phi) is 4.03. The summed E-state index contributed by atoms with van der Waals surface area (Å²) in [6.07, 6.45) is 0. The van der Waals surface area contributed by atoms with Crippen molar-refractivity contribution in [1.29, 1.82) is 0 Å². The summed E-state index contributed by atoms with van der Waals surface area (Å²) < 4.78 is 13.8. The molecule has 20 heavy (non-hydrogen) atoms. The first-order valence-corrected chi connectivity index (χ1v) is 6.40. The minimum absolute atomic E-state index is 0.0757. The largest absolute Gasteiger partial charge is 0.376 e. The zero-order valence-electron chi connectivity index (χ0n) is 11.5. The number of carbonyl (C=O) groups is 1. The topological polar surface area (TPSA) is 55.1 Å². The number of anilines is 1. The first-order chi connectivity index (χ1) is 9.47. The molecule has 0 aliphatic heterocycles. The van der Waals surface area contributed by atoms with Crippen molar-refractivity contribution in [3.63, 3.8) is 0 Å². The zero-order chi connectivity index (χ0) is 14.7. The van der Waals surface area contributed by atoms with Crippen LogP contribution >= 0.6 is 0 Å². The second kappa shape index (κ2) is 5.74. The Labute approximate surface area is 117 Å². The van der Waals surface area contributed by atoms with Gasteiger partial charge in [-0.3, -0.25) is 4.79 Å². The summed E-state index contributed by atoms with van der Waals surface area (Å²) in [4.78, 5) is 11.1. The van der Waals surface area contributed by atoms with Crippen LogP contribution in [0.3, 0.4) is 0 Å². The van der Waals surface area contributed by atoms with E-state index in [4.69, 9.17) is 5.73 Å². The maximum atomic E-state index is 13.8. The van der Waals surface area contributed by atoms with Crippen molar-refractivity contribution >= 4 is 11.6 Å². The van der Waals surface area contributed by atoms with Crippen LogP contribution in [0.5, 0.6) is 0 Å². The van der Waals surface area contributed by atoms with Gasteiger partial charge in [0.05, 0.1) is 5.69 Å². The van der Waals surface area contributed by atoms with Crippen LogP contribution in [0.25, 0.3) is 0 Å². The van der Waals surface area contributed by atoms with Crippen molar-refractivity contribution in [2.75, 3.05) is 5.32 Å². The molecule has 1 amide bonds. The second-order valence-electron chi connectivity index (χ2n) is 4.84. The number of rotatable bonds is 4. The minimum atomic E-state index is -0.573. The average molecular weight is 272 g/mol. The molecular formula is C16H17FN2O. The highest BCUT2D eigenvalue weighted by molar-refractivity contribution is 5.93. The van der Waals surface area contributed by atoms with E-state index in [9.17, 15) is 9.18 Å². The first kappa shape index (κ1) is 14.1. The molecule has 0 saturated carbocycles. The summed E-state index contributed by atoms with van der Waals surface area (Å²) in [6.45, 7) is 3.94. The number of hydrogen-bond donors (Lipinski definition) is 2. The third kappa shape index (κ3) is 3.15. The molecule has 0 fully saturated rings. The number of hydrogen-bond acceptors (Lipinski definition) is 2. The van der Waals surface area contributed by atoms with Gasteiger partial charge in [0.15, 0.2) is 0 Å². The Morgan fingerprint density at radius 2 is 1.85 bits per heavy atom. The lowest BCUT2D eigenvalue weighted by atomic mass is 10.1. The van der Waals surface area contributed by atoms with Gasteiger partial charge >= 0.3 is 0 Å². The maximum Gasteiger partial charge on any atom is 0.248 e. The van der Waals surface area contributed by atoms with Crippen LogP contribution in [-0.4, -0.2) is 5.91 Å². The molecule has 0 radical (unpaired) electrons. The van der Waals surface area contributed by atoms with Gasteiger partial charge in [-0.05, 0) is 37.6 Å². The molecule has 4 heteroatoms. The van der Waals surface area contributed by atoms with Crippen LogP contribution in [0.4, 0.5) is 10.1 Å². The van der Waals surface area contributed by atoms with Crippen molar-refractivity contribution in [3.8, 4) is 0 Å². The number of halogens is 1. The number of aryl methyl sites for hydroxylation is 1. The van der Waals surface area contributed by atoms with Crippen LogP contribution in [0.2, 0.25) is 0 Å². The van der Waals surface area contributed by atoms with E-state index in [1.807, 2.05) is 38.1 Å². The van der Waals surface area contributed by atoms with Gasteiger partial charge in [0.1, 0.15) is 5.82 Å². The van der Waals surface area contributed by atoms with Gasteiger partial charge in [-0.2, -0.15) is 0 Å². The van der Waals surface area contributed by atoms with Crippen molar-refractivity contribution in [2.24, 2.45) is 5.73 Å². The standard InChI is InChI=1S/C16H17FN2O/c1-10-3-5-12(6-4-10)11(2)19-15-9-13(16(18)20)7-8-14(15)17/h3-9,11,19H,1-2H3,(H2,18,20). The Morgan fingerprint density at radius 1 is 1.20 bits per heavy atom. The number of amides is 1. The molecule has 2 rings (SSSR count). The Morgan fingerprint density at radius 3 is 2.45 bits per heavy atom. The van der Waals surface area contributed by atoms with E-state index in [1.54, 1.807) is 0 Å². The number of primary amides is 1. The monoisotopic (exact) mass is 272 g/mol. The third-order valence-electron chi connectivity index (χ3n) is 3.20. The third-order valence-corrected chi connectivity index (χ3v) is 3.20. The molecule has 0 heterocycles. The van der Waals surface area contributed by atoms with Crippen molar-refractivity contribution < 1.29 is 9.18 Å². The highest BCUT2D eigenvalue weighted by Gasteiger charge is 2.11. The summed E-state index contributed by atoms with van der Waals surface area (Å²) in [6, 6.07) is 12.0. The number of nitrogens with two attached hydrogens (primary N) is 1. The van der Waals surface area contributed by atoms with E-state index in [0.717, 1.165) is 5.56 Å². The first-order valence-electron chi connectivity index (χ1n) is 6.40. The fraction of sp³-hybridized carbons (Fsp3) is 0.188. The van der Waals surface area contributed by atoms with Gasteiger partial charge in [-0.1, -0.05) is 29.8 Å². The molecule has 0 aliphatic carbocycles. The molecule has 2 aromatic rings. The lowest BCUT2D eigenvalue weighted by molar-refractivity contribution is 0.100. The predicted octanol–water partition coefficient (Wildman–Crippen LogP) is 3.41. The summed E-state index contributed by atoms with van der Waals surface area (Å²) in [5.41, 5.74) is 7.97. The zero-order valence-corrected chi connectivity index (χ0v) is 11.5. The van der Waals surface area contributed by atoms with E-state index in [2.05, 4.69) is 5.32 Å². The van der Waals surface area contributed by atoms with Gasteiger partial charge in [-0.15, -0.1) is 0 Å². The Balaban J connectivity index is 2.22. The van der Waals surface area contributed by atoms with Gasteiger partial charge in [-0.25, -0.2) is 4.39 Å². The number of nitrogens with one attached hydrogen (secondary N) is 1. The molecular weight excluding hydrogens is 255 g/mol. The van der Waals surface area contributed by atoms with Gasteiger partial charge < -0.3 is 11.1 Å². The maximum absolute atomic E-state index is 13.8. The fourth-order valence-electron chi connectivity index (χ4n) is 1.96.